The summed E-state index contributed by atoms with van der Waals surface area (Å²) in [6.45, 7) is 2.23. The Bertz CT molecular complexity index is 2060. The van der Waals surface area contributed by atoms with E-state index in [0.29, 0.717) is 65.7 Å². The fourth-order valence-electron chi connectivity index (χ4n) is 8.75. The molecule has 0 unspecified atom stereocenters. The molecule has 6 heterocycles. The summed E-state index contributed by atoms with van der Waals surface area (Å²) in [6, 6.07) is 8.93. The quantitative estimate of drug-likeness (QED) is 0.184. The number of halogens is 5. The van der Waals surface area contributed by atoms with Crippen LogP contribution < -0.4 is 15.0 Å². The predicted octanol–water partition coefficient (Wildman–Crippen LogP) is 6.13. The SMILES string of the molecule is C#Cc1c(F)ccc2cccc(-c3nc4c5c(nc(OCC6(CN7CC[C@H](OC(F)(F)F)C7)CC6)nc5c3F)N3C[C@H]5CC[C@H](N5)[C@H]3CC4)c12. The first-order valence-corrected chi connectivity index (χ1v) is 17.3. The number of rotatable bonds is 7. The Morgan fingerprint density at radius 2 is 1.86 bits per heavy atom. The molecule has 1 saturated carbocycles. The van der Waals surface area contributed by atoms with Gasteiger partial charge in [0.25, 0.3) is 0 Å². The molecule has 13 heteroatoms. The van der Waals surface area contributed by atoms with Crippen molar-refractivity contribution in [2.45, 2.75) is 75.5 Å². The van der Waals surface area contributed by atoms with E-state index in [-0.39, 0.29) is 59.5 Å². The van der Waals surface area contributed by atoms with Crippen molar-refractivity contribution in [2.24, 2.45) is 5.41 Å². The highest BCUT2D eigenvalue weighted by atomic mass is 19.4. The van der Waals surface area contributed by atoms with E-state index in [9.17, 15) is 17.6 Å². The van der Waals surface area contributed by atoms with Crippen LogP contribution in [0, 0.1) is 29.4 Å². The standard InChI is InChI=1S/C37H35F5N6O2/c1-2-23-25(38)8-6-20-4-3-5-24(29(20)23)32-31(39)33-30-27(44-32)10-11-28-26-9-7-21(43-26)16-48(28)34(30)46-35(45-33)49-19-36(13-14-36)18-47-15-12-22(17-47)50-37(40,41)42/h1,3-6,8,21-22,26,28,43H,7,9-19H2/t21-,22+,26+,28-/m1/s1. The maximum atomic E-state index is 17.1. The number of aryl methyl sites for hydroxylation is 1. The Labute approximate surface area is 285 Å². The van der Waals surface area contributed by atoms with Gasteiger partial charge in [-0.1, -0.05) is 30.2 Å². The number of anilines is 1. The second-order valence-corrected chi connectivity index (χ2v) is 14.5. The normalized spacial score (nSPS) is 25.5. The lowest BCUT2D eigenvalue weighted by Gasteiger charge is -2.41. The summed E-state index contributed by atoms with van der Waals surface area (Å²) in [6.07, 6.45) is 5.67. The van der Waals surface area contributed by atoms with Crippen molar-refractivity contribution in [2.75, 3.05) is 37.7 Å². The number of ether oxygens (including phenoxy) is 2. The number of piperazine rings is 1. The van der Waals surface area contributed by atoms with E-state index in [2.05, 4.69) is 25.9 Å². The first-order valence-electron chi connectivity index (χ1n) is 17.3. The van der Waals surface area contributed by atoms with Gasteiger partial charge in [-0.3, -0.25) is 9.64 Å². The fraction of sp³-hybridized carbons (Fsp3) is 0.486. The first-order chi connectivity index (χ1) is 24.1. The van der Waals surface area contributed by atoms with Gasteiger partial charge in [0.05, 0.1) is 29.4 Å². The van der Waals surface area contributed by atoms with Gasteiger partial charge in [0.1, 0.15) is 22.8 Å². The zero-order chi connectivity index (χ0) is 34.4. The third-order valence-electron chi connectivity index (χ3n) is 11.3. The third kappa shape index (κ3) is 5.52. The second kappa shape index (κ2) is 11.7. The minimum Gasteiger partial charge on any atom is -0.463 e. The summed E-state index contributed by atoms with van der Waals surface area (Å²) in [4.78, 5) is 18.8. The van der Waals surface area contributed by atoms with Crippen molar-refractivity contribution >= 4 is 27.5 Å². The van der Waals surface area contributed by atoms with E-state index in [1.165, 1.54) is 6.07 Å². The summed E-state index contributed by atoms with van der Waals surface area (Å²) in [5.74, 6) is 1.82. The molecule has 4 aliphatic heterocycles. The zero-order valence-corrected chi connectivity index (χ0v) is 27.2. The maximum Gasteiger partial charge on any atom is 0.522 e. The molecule has 0 spiro atoms. The molecule has 3 saturated heterocycles. The molecule has 4 aromatic rings. The van der Waals surface area contributed by atoms with Crippen molar-refractivity contribution in [3.63, 3.8) is 0 Å². The molecule has 4 atom stereocenters. The summed E-state index contributed by atoms with van der Waals surface area (Å²) >= 11 is 0. The van der Waals surface area contributed by atoms with Gasteiger partial charge in [-0.05, 0) is 56.4 Å². The fourth-order valence-corrected chi connectivity index (χ4v) is 8.75. The zero-order valence-electron chi connectivity index (χ0n) is 27.2. The maximum absolute atomic E-state index is 17.1. The van der Waals surface area contributed by atoms with Gasteiger partial charge in [-0.2, -0.15) is 9.97 Å². The topological polar surface area (TPSA) is 75.6 Å². The van der Waals surface area contributed by atoms with E-state index in [1.807, 2.05) is 4.90 Å². The molecule has 4 fully saturated rings. The smallest absolute Gasteiger partial charge is 0.463 e. The molecule has 2 bridgehead atoms. The molecule has 0 amide bonds. The highest BCUT2D eigenvalue weighted by Crippen LogP contribution is 2.48. The van der Waals surface area contributed by atoms with Crippen molar-refractivity contribution in [1.29, 1.82) is 0 Å². The second-order valence-electron chi connectivity index (χ2n) is 14.5. The third-order valence-corrected chi connectivity index (χ3v) is 11.3. The average Bonchev–Trinajstić information content (AvgIpc) is 3.60. The molecule has 260 valence electrons. The molecule has 9 rings (SSSR count). The molecule has 1 N–H and O–H groups in total. The Kier molecular flexibility index (Phi) is 7.46. The van der Waals surface area contributed by atoms with E-state index in [4.69, 9.17) is 21.1 Å². The Morgan fingerprint density at radius 3 is 2.66 bits per heavy atom. The molecular weight excluding hydrogens is 655 g/mol. The lowest BCUT2D eigenvalue weighted by Crippen LogP contribution is -2.58. The molecule has 5 aliphatic rings. The number of hydrogen-bond acceptors (Lipinski definition) is 8. The van der Waals surface area contributed by atoms with Gasteiger partial charge in [-0.25, -0.2) is 13.8 Å². The summed E-state index contributed by atoms with van der Waals surface area (Å²) in [5.41, 5.74) is 0.957. The first kappa shape index (κ1) is 31.8. The number of likely N-dealkylation sites (tertiary alicyclic amines) is 1. The van der Waals surface area contributed by atoms with Crippen molar-refractivity contribution in [3.05, 3.63) is 53.2 Å². The summed E-state index contributed by atoms with van der Waals surface area (Å²) in [7, 11) is 0. The minimum atomic E-state index is -4.66. The minimum absolute atomic E-state index is 0.0404. The molecule has 0 radical (unpaired) electrons. The average molecular weight is 691 g/mol. The number of aromatic nitrogens is 3. The molecular formula is C37H35F5N6O2. The van der Waals surface area contributed by atoms with E-state index >= 15 is 4.39 Å². The number of terminal acetylenes is 1. The lowest BCUT2D eigenvalue weighted by atomic mass is 9.95. The van der Waals surface area contributed by atoms with Crippen LogP contribution in [0.15, 0.2) is 30.3 Å². The van der Waals surface area contributed by atoms with Gasteiger partial charge in [-0.15, -0.1) is 19.6 Å². The molecule has 2 aromatic heterocycles. The predicted molar refractivity (Wildman–Crippen MR) is 177 cm³/mol. The largest absolute Gasteiger partial charge is 0.522 e. The number of pyridine rings is 1. The summed E-state index contributed by atoms with van der Waals surface area (Å²) in [5, 5.41) is 5.37. The van der Waals surface area contributed by atoms with Crippen LogP contribution in [-0.4, -0.2) is 83.2 Å². The van der Waals surface area contributed by atoms with E-state index in [1.54, 1.807) is 24.3 Å². The van der Waals surface area contributed by atoms with Crippen LogP contribution in [-0.2, 0) is 11.2 Å². The van der Waals surface area contributed by atoms with Crippen molar-refractivity contribution < 1.29 is 31.4 Å². The van der Waals surface area contributed by atoms with Gasteiger partial charge in [0, 0.05) is 60.7 Å². The molecule has 2 aromatic carbocycles. The van der Waals surface area contributed by atoms with Crippen LogP contribution in [0.25, 0.3) is 32.9 Å². The van der Waals surface area contributed by atoms with Crippen LogP contribution in [0.1, 0.15) is 49.8 Å². The Morgan fingerprint density at radius 1 is 1.00 bits per heavy atom. The number of benzene rings is 2. The van der Waals surface area contributed by atoms with Crippen LogP contribution in [0.4, 0.5) is 27.8 Å². The van der Waals surface area contributed by atoms with Crippen LogP contribution in [0.2, 0.25) is 0 Å². The van der Waals surface area contributed by atoms with Gasteiger partial charge >= 0.3 is 12.4 Å². The van der Waals surface area contributed by atoms with Crippen molar-refractivity contribution in [1.82, 2.24) is 25.2 Å². The molecule has 1 aliphatic carbocycles. The number of alkyl halides is 3. The number of nitrogens with zero attached hydrogens (tertiary/aromatic N) is 5. The van der Waals surface area contributed by atoms with Crippen LogP contribution in [0.5, 0.6) is 6.01 Å². The monoisotopic (exact) mass is 690 g/mol. The lowest BCUT2D eigenvalue weighted by molar-refractivity contribution is -0.340. The highest BCUT2D eigenvalue weighted by Gasteiger charge is 2.48. The Balaban J connectivity index is 1.11. The van der Waals surface area contributed by atoms with E-state index in [0.717, 1.165) is 32.1 Å². The van der Waals surface area contributed by atoms with Gasteiger partial charge in [0.15, 0.2) is 5.82 Å². The Hall–Kier alpha value is -4.12. The number of fused-ring (bicyclic) bond motifs is 6. The van der Waals surface area contributed by atoms with Gasteiger partial charge in [0.2, 0.25) is 0 Å². The van der Waals surface area contributed by atoms with Crippen LogP contribution in [0.3, 0.4) is 0 Å². The van der Waals surface area contributed by atoms with Crippen molar-refractivity contribution in [3.8, 4) is 29.6 Å². The highest BCUT2D eigenvalue weighted by molar-refractivity contribution is 6.02. The number of hydrogen-bond donors (Lipinski definition) is 1. The van der Waals surface area contributed by atoms with E-state index < -0.39 is 24.1 Å². The number of nitrogens with one attached hydrogen (secondary N) is 1. The van der Waals surface area contributed by atoms with Gasteiger partial charge < -0.3 is 15.0 Å². The van der Waals surface area contributed by atoms with Crippen LogP contribution >= 0.6 is 0 Å². The molecule has 50 heavy (non-hydrogen) atoms. The summed E-state index contributed by atoms with van der Waals surface area (Å²) < 4.78 is 81.0. The molecule has 8 nitrogen and oxygen atoms in total.